The summed E-state index contributed by atoms with van der Waals surface area (Å²) in [7, 11) is 0. The van der Waals surface area contributed by atoms with Crippen LogP contribution in [0.3, 0.4) is 0 Å². The van der Waals surface area contributed by atoms with Gasteiger partial charge in [-0.15, -0.1) is 22.7 Å². The molecule has 8 heteroatoms. The summed E-state index contributed by atoms with van der Waals surface area (Å²) in [6, 6.07) is 2.23. The fourth-order valence-corrected chi connectivity index (χ4v) is 3.78. The van der Waals surface area contributed by atoms with E-state index >= 15 is 0 Å². The number of hydrogen-bond acceptors (Lipinski definition) is 8. The molecule has 21 heavy (non-hydrogen) atoms. The number of anilines is 2. The van der Waals surface area contributed by atoms with E-state index in [9.17, 15) is 0 Å². The van der Waals surface area contributed by atoms with Gasteiger partial charge < -0.3 is 5.32 Å². The van der Waals surface area contributed by atoms with Gasteiger partial charge in [-0.3, -0.25) is 5.43 Å². The number of thiazole rings is 1. The van der Waals surface area contributed by atoms with Crippen molar-refractivity contribution in [3.8, 4) is 0 Å². The van der Waals surface area contributed by atoms with Crippen molar-refractivity contribution in [1.82, 2.24) is 15.0 Å². The van der Waals surface area contributed by atoms with Crippen molar-refractivity contribution in [2.24, 2.45) is 5.84 Å². The predicted molar refractivity (Wildman–Crippen MR) is 88.7 cm³/mol. The van der Waals surface area contributed by atoms with E-state index in [0.717, 1.165) is 27.5 Å². The Bertz CT molecular complexity index is 737. The van der Waals surface area contributed by atoms with Crippen molar-refractivity contribution < 1.29 is 0 Å². The number of hydrogen-bond donors (Lipinski definition) is 3. The van der Waals surface area contributed by atoms with Gasteiger partial charge in [0.2, 0.25) is 5.95 Å². The normalized spacial score (nSPS) is 12.5. The SMILES string of the molecule is CCC(Nc1nc(NN)nc2sc(C)cc12)c1nccs1. The maximum Gasteiger partial charge on any atom is 0.240 e. The van der Waals surface area contributed by atoms with Crippen molar-refractivity contribution in [3.63, 3.8) is 0 Å². The van der Waals surface area contributed by atoms with Crippen molar-refractivity contribution in [3.05, 3.63) is 27.5 Å². The molecule has 4 N–H and O–H groups in total. The van der Waals surface area contributed by atoms with Crippen LogP contribution in [0.15, 0.2) is 17.6 Å². The molecule has 3 rings (SSSR count). The van der Waals surface area contributed by atoms with Gasteiger partial charge in [-0.25, -0.2) is 15.8 Å². The Morgan fingerprint density at radius 1 is 1.38 bits per heavy atom. The van der Waals surface area contributed by atoms with Crippen LogP contribution in [-0.4, -0.2) is 15.0 Å². The van der Waals surface area contributed by atoms with Crippen LogP contribution in [0.25, 0.3) is 10.2 Å². The lowest BCUT2D eigenvalue weighted by Gasteiger charge is -2.16. The minimum absolute atomic E-state index is 0.133. The molecule has 6 nitrogen and oxygen atoms in total. The Morgan fingerprint density at radius 3 is 2.90 bits per heavy atom. The van der Waals surface area contributed by atoms with Gasteiger partial charge in [0.05, 0.1) is 11.4 Å². The van der Waals surface area contributed by atoms with Crippen LogP contribution in [0, 0.1) is 6.92 Å². The molecule has 3 aromatic heterocycles. The molecule has 1 unspecified atom stereocenters. The quantitative estimate of drug-likeness (QED) is 0.494. The zero-order valence-corrected chi connectivity index (χ0v) is 13.4. The molecule has 3 heterocycles. The third-order valence-corrected chi connectivity index (χ3v) is 4.95. The van der Waals surface area contributed by atoms with E-state index < -0.39 is 0 Å². The second-order valence-electron chi connectivity index (χ2n) is 4.59. The molecule has 0 aromatic carbocycles. The lowest BCUT2D eigenvalue weighted by molar-refractivity contribution is 0.738. The van der Waals surface area contributed by atoms with E-state index in [1.807, 2.05) is 11.6 Å². The number of nitrogens with zero attached hydrogens (tertiary/aromatic N) is 3. The van der Waals surface area contributed by atoms with Gasteiger partial charge in [0.25, 0.3) is 0 Å². The van der Waals surface area contributed by atoms with Crippen molar-refractivity contribution in [2.75, 3.05) is 10.7 Å². The van der Waals surface area contributed by atoms with Crippen LogP contribution in [0.5, 0.6) is 0 Å². The Balaban J connectivity index is 2.02. The zero-order chi connectivity index (χ0) is 14.8. The van der Waals surface area contributed by atoms with Crippen LogP contribution in [0.2, 0.25) is 0 Å². The third-order valence-electron chi connectivity index (χ3n) is 3.11. The minimum Gasteiger partial charge on any atom is -0.360 e. The number of thiophene rings is 1. The highest BCUT2D eigenvalue weighted by atomic mass is 32.1. The fourth-order valence-electron chi connectivity index (χ4n) is 2.13. The lowest BCUT2D eigenvalue weighted by atomic mass is 10.2. The summed E-state index contributed by atoms with van der Waals surface area (Å²) in [6.45, 7) is 4.18. The van der Waals surface area contributed by atoms with Crippen LogP contribution in [0.4, 0.5) is 11.8 Å². The number of fused-ring (bicyclic) bond motifs is 1. The maximum absolute atomic E-state index is 5.47. The van der Waals surface area contributed by atoms with E-state index in [2.05, 4.69) is 45.6 Å². The lowest BCUT2D eigenvalue weighted by Crippen LogP contribution is -2.14. The summed E-state index contributed by atoms with van der Waals surface area (Å²) in [5, 5.41) is 7.53. The molecule has 110 valence electrons. The van der Waals surface area contributed by atoms with E-state index in [0.29, 0.717) is 5.95 Å². The Kier molecular flexibility index (Phi) is 4.00. The van der Waals surface area contributed by atoms with Crippen molar-refractivity contribution >= 4 is 44.7 Å². The molecule has 3 aromatic rings. The molecule has 0 radical (unpaired) electrons. The number of nitrogens with one attached hydrogen (secondary N) is 2. The first kappa shape index (κ1) is 14.2. The summed E-state index contributed by atoms with van der Waals surface area (Å²) < 4.78 is 0. The molecule has 0 saturated carbocycles. The van der Waals surface area contributed by atoms with Gasteiger partial charge >= 0.3 is 0 Å². The highest BCUT2D eigenvalue weighted by Crippen LogP contribution is 2.32. The number of rotatable bonds is 5. The van der Waals surface area contributed by atoms with Gasteiger partial charge in [-0.05, 0) is 19.4 Å². The Labute approximate surface area is 130 Å². The highest BCUT2D eigenvalue weighted by molar-refractivity contribution is 7.18. The third kappa shape index (κ3) is 2.82. The number of nitrogen functional groups attached to an aromatic ring is 1. The summed E-state index contributed by atoms with van der Waals surface area (Å²) in [6.07, 6.45) is 2.75. The topological polar surface area (TPSA) is 88.8 Å². The molecule has 0 aliphatic rings. The first-order valence-corrected chi connectivity index (χ1v) is 8.31. The van der Waals surface area contributed by atoms with Gasteiger partial charge in [0.1, 0.15) is 15.7 Å². The molecule has 1 atom stereocenters. The number of hydrazine groups is 1. The summed E-state index contributed by atoms with van der Waals surface area (Å²) >= 11 is 3.27. The van der Waals surface area contributed by atoms with Gasteiger partial charge in [0.15, 0.2) is 0 Å². The fraction of sp³-hybridized carbons (Fsp3) is 0.308. The average Bonchev–Trinajstić information content (AvgIpc) is 3.12. The summed E-state index contributed by atoms with van der Waals surface area (Å²) in [4.78, 5) is 15.3. The smallest absolute Gasteiger partial charge is 0.240 e. The van der Waals surface area contributed by atoms with Crippen LogP contribution in [0.1, 0.15) is 29.3 Å². The van der Waals surface area contributed by atoms with Crippen molar-refractivity contribution in [1.29, 1.82) is 0 Å². The van der Waals surface area contributed by atoms with Crippen LogP contribution in [-0.2, 0) is 0 Å². The molecule has 0 aliphatic heterocycles. The van der Waals surface area contributed by atoms with Gasteiger partial charge in [-0.2, -0.15) is 4.98 Å². The van der Waals surface area contributed by atoms with E-state index in [1.165, 1.54) is 4.88 Å². The molecule has 0 spiro atoms. The maximum atomic E-state index is 5.47. The van der Waals surface area contributed by atoms with E-state index in [1.54, 1.807) is 22.7 Å². The minimum atomic E-state index is 0.133. The monoisotopic (exact) mass is 320 g/mol. The van der Waals surface area contributed by atoms with Gasteiger partial charge in [0, 0.05) is 16.5 Å². The molecular formula is C13H16N6S2. The second kappa shape index (κ2) is 5.92. The van der Waals surface area contributed by atoms with Crippen LogP contribution >= 0.6 is 22.7 Å². The predicted octanol–water partition coefficient (Wildman–Crippen LogP) is 3.31. The molecule has 0 bridgehead atoms. The van der Waals surface area contributed by atoms with Gasteiger partial charge in [-0.1, -0.05) is 6.92 Å². The zero-order valence-electron chi connectivity index (χ0n) is 11.8. The summed E-state index contributed by atoms with van der Waals surface area (Å²) in [5.74, 6) is 6.67. The second-order valence-corrected chi connectivity index (χ2v) is 6.75. The standard InChI is InChI=1S/C13H16N6S2/c1-3-9(12-15-4-5-20-12)16-10-8-6-7(2)21-11(8)18-13(17-10)19-14/h4-6,9H,3,14H2,1-2H3,(H2,16,17,18,19). The number of aromatic nitrogens is 3. The first-order valence-electron chi connectivity index (χ1n) is 6.62. The molecular weight excluding hydrogens is 304 g/mol. The van der Waals surface area contributed by atoms with E-state index in [-0.39, 0.29) is 6.04 Å². The Hall–Kier alpha value is -1.77. The largest absolute Gasteiger partial charge is 0.360 e. The Morgan fingerprint density at radius 2 is 2.24 bits per heavy atom. The number of aryl methyl sites for hydroxylation is 1. The van der Waals surface area contributed by atoms with Crippen LogP contribution < -0.4 is 16.6 Å². The van der Waals surface area contributed by atoms with E-state index in [4.69, 9.17) is 5.84 Å². The number of nitrogens with two attached hydrogens (primary N) is 1. The molecule has 0 amide bonds. The van der Waals surface area contributed by atoms with Crippen molar-refractivity contribution in [2.45, 2.75) is 26.3 Å². The molecule has 0 fully saturated rings. The first-order chi connectivity index (χ1) is 10.2. The molecule has 0 aliphatic carbocycles. The molecule has 0 saturated heterocycles. The summed E-state index contributed by atoms with van der Waals surface area (Å²) in [5.41, 5.74) is 2.53. The average molecular weight is 320 g/mol. The highest BCUT2D eigenvalue weighted by Gasteiger charge is 2.16.